The van der Waals surface area contributed by atoms with E-state index in [1.807, 2.05) is 0 Å². The molecule has 0 bridgehead atoms. The number of furan rings is 1. The standard InChI is InChI=1S/C26H14F8N2O3/c1-38-22-5-3-13(8-18(22)26(32,33)34)21-6-7-23(39-21)20-10-17(25(29,30)31)16(11-35)24(37)36(20)12-14-2-4-15(27)9-19(14)28/h2-10H,12H2,1H3. The maximum absolute atomic E-state index is 14.3. The zero-order valence-corrected chi connectivity index (χ0v) is 19.5. The Kier molecular flexibility index (Phi) is 6.99. The van der Waals surface area contributed by atoms with Crippen LogP contribution in [0.15, 0.2) is 63.8 Å². The number of methoxy groups -OCH3 is 1. The fourth-order valence-corrected chi connectivity index (χ4v) is 3.87. The SMILES string of the molecule is COc1ccc(-c2ccc(-c3cc(C(F)(F)F)c(C#N)c(=O)n3Cc3ccc(F)cc3F)o2)cc1C(F)(F)F. The Labute approximate surface area is 214 Å². The number of benzene rings is 2. The number of hydrogen-bond donors (Lipinski definition) is 0. The van der Waals surface area contributed by atoms with E-state index in [0.717, 1.165) is 37.4 Å². The topological polar surface area (TPSA) is 68.2 Å². The van der Waals surface area contributed by atoms with Gasteiger partial charge in [0.2, 0.25) is 0 Å². The Hall–Kier alpha value is -4.60. The third-order valence-electron chi connectivity index (χ3n) is 5.71. The molecule has 2 aromatic heterocycles. The van der Waals surface area contributed by atoms with E-state index >= 15 is 0 Å². The van der Waals surface area contributed by atoms with Crippen LogP contribution in [0.25, 0.3) is 22.8 Å². The highest BCUT2D eigenvalue weighted by atomic mass is 19.4. The average molecular weight is 554 g/mol. The first kappa shape index (κ1) is 27.4. The lowest BCUT2D eigenvalue weighted by Gasteiger charge is -2.17. The molecule has 39 heavy (non-hydrogen) atoms. The molecule has 0 saturated carbocycles. The molecule has 202 valence electrons. The van der Waals surface area contributed by atoms with E-state index in [1.54, 1.807) is 0 Å². The molecule has 0 spiro atoms. The summed E-state index contributed by atoms with van der Waals surface area (Å²) in [6.07, 6.45) is -9.95. The molecular formula is C26H14F8N2O3. The van der Waals surface area contributed by atoms with Crippen molar-refractivity contribution in [3.63, 3.8) is 0 Å². The smallest absolute Gasteiger partial charge is 0.419 e. The van der Waals surface area contributed by atoms with Crippen LogP contribution in [0.5, 0.6) is 5.75 Å². The van der Waals surface area contributed by atoms with E-state index in [1.165, 1.54) is 12.1 Å². The summed E-state index contributed by atoms with van der Waals surface area (Å²) in [5, 5.41) is 9.28. The molecule has 4 rings (SSSR count). The molecule has 4 aromatic rings. The Morgan fingerprint density at radius 1 is 0.897 bits per heavy atom. The van der Waals surface area contributed by atoms with Crippen LogP contribution in [0, 0.1) is 23.0 Å². The van der Waals surface area contributed by atoms with Gasteiger partial charge in [0.1, 0.15) is 34.8 Å². The van der Waals surface area contributed by atoms with Crippen molar-refractivity contribution in [2.24, 2.45) is 0 Å². The fraction of sp³-hybridized carbons (Fsp3) is 0.154. The van der Waals surface area contributed by atoms with Crippen LogP contribution >= 0.6 is 0 Å². The van der Waals surface area contributed by atoms with Gasteiger partial charge in [-0.1, -0.05) is 6.07 Å². The number of nitrogens with zero attached hydrogens (tertiary/aromatic N) is 2. The second-order valence-corrected chi connectivity index (χ2v) is 8.13. The summed E-state index contributed by atoms with van der Waals surface area (Å²) in [6, 6.07) is 9.20. The van der Waals surface area contributed by atoms with Gasteiger partial charge in [0.25, 0.3) is 5.56 Å². The quantitative estimate of drug-likeness (QED) is 0.249. The maximum Gasteiger partial charge on any atom is 0.419 e. The van der Waals surface area contributed by atoms with E-state index in [4.69, 9.17) is 9.15 Å². The first-order valence-electron chi connectivity index (χ1n) is 10.8. The van der Waals surface area contributed by atoms with Gasteiger partial charge in [-0.05, 0) is 42.5 Å². The van der Waals surface area contributed by atoms with Gasteiger partial charge >= 0.3 is 12.4 Å². The molecule has 2 heterocycles. The Morgan fingerprint density at radius 2 is 1.56 bits per heavy atom. The summed E-state index contributed by atoms with van der Waals surface area (Å²) >= 11 is 0. The summed E-state index contributed by atoms with van der Waals surface area (Å²) in [5.41, 5.74) is -6.40. The van der Waals surface area contributed by atoms with Crippen LogP contribution in [0.3, 0.4) is 0 Å². The van der Waals surface area contributed by atoms with E-state index in [9.17, 15) is 45.2 Å². The number of alkyl halides is 6. The Bertz CT molecular complexity index is 1660. The highest BCUT2D eigenvalue weighted by Gasteiger charge is 2.37. The lowest BCUT2D eigenvalue weighted by Crippen LogP contribution is -2.29. The van der Waals surface area contributed by atoms with E-state index in [0.29, 0.717) is 22.8 Å². The molecule has 0 amide bonds. The molecule has 13 heteroatoms. The second kappa shape index (κ2) is 9.94. The predicted octanol–water partition coefficient (Wildman–Crippen LogP) is 7.02. The van der Waals surface area contributed by atoms with Crippen molar-refractivity contribution in [2.45, 2.75) is 18.9 Å². The molecule has 0 aliphatic carbocycles. The molecule has 0 aliphatic rings. The lowest BCUT2D eigenvalue weighted by atomic mass is 10.1. The fourth-order valence-electron chi connectivity index (χ4n) is 3.87. The van der Waals surface area contributed by atoms with Crippen LogP contribution in [0.2, 0.25) is 0 Å². The van der Waals surface area contributed by atoms with Crippen molar-refractivity contribution in [3.05, 3.63) is 98.8 Å². The van der Waals surface area contributed by atoms with Crippen molar-refractivity contribution >= 4 is 0 Å². The monoisotopic (exact) mass is 554 g/mol. The van der Waals surface area contributed by atoms with Crippen LogP contribution in [0.4, 0.5) is 35.1 Å². The van der Waals surface area contributed by atoms with Gasteiger partial charge in [-0.3, -0.25) is 9.36 Å². The van der Waals surface area contributed by atoms with Gasteiger partial charge in [0.05, 0.1) is 30.5 Å². The normalized spacial score (nSPS) is 11.9. The summed E-state index contributed by atoms with van der Waals surface area (Å²) in [7, 11) is 1.04. The molecule has 2 aromatic carbocycles. The van der Waals surface area contributed by atoms with Gasteiger partial charge in [-0.25, -0.2) is 8.78 Å². The van der Waals surface area contributed by atoms with E-state index in [-0.39, 0.29) is 16.9 Å². The number of halogens is 8. The van der Waals surface area contributed by atoms with Gasteiger partial charge in [0.15, 0.2) is 5.76 Å². The summed E-state index contributed by atoms with van der Waals surface area (Å²) in [4.78, 5) is 13.0. The summed E-state index contributed by atoms with van der Waals surface area (Å²) < 4.78 is 120. The van der Waals surface area contributed by atoms with Crippen molar-refractivity contribution in [1.82, 2.24) is 4.57 Å². The number of ether oxygens (including phenoxy) is 1. The Morgan fingerprint density at radius 3 is 2.15 bits per heavy atom. The Balaban J connectivity index is 1.92. The summed E-state index contributed by atoms with van der Waals surface area (Å²) in [5.74, 6) is -3.13. The highest BCUT2D eigenvalue weighted by Crippen LogP contribution is 2.40. The number of rotatable bonds is 5. The zero-order chi connectivity index (χ0) is 28.7. The maximum atomic E-state index is 14.3. The molecular weight excluding hydrogens is 540 g/mol. The molecule has 0 atom stereocenters. The second-order valence-electron chi connectivity index (χ2n) is 8.13. The molecule has 0 aliphatic heterocycles. The lowest BCUT2D eigenvalue weighted by molar-refractivity contribution is -0.139. The molecule has 0 radical (unpaired) electrons. The van der Waals surface area contributed by atoms with Gasteiger partial charge < -0.3 is 9.15 Å². The van der Waals surface area contributed by atoms with Gasteiger partial charge in [-0.2, -0.15) is 31.6 Å². The zero-order valence-electron chi connectivity index (χ0n) is 19.5. The number of pyridine rings is 1. The first-order valence-corrected chi connectivity index (χ1v) is 10.8. The van der Waals surface area contributed by atoms with Crippen molar-refractivity contribution in [2.75, 3.05) is 7.11 Å². The first-order chi connectivity index (χ1) is 18.2. The molecule has 0 unspecified atom stereocenters. The van der Waals surface area contributed by atoms with Crippen molar-refractivity contribution < 1.29 is 44.3 Å². The van der Waals surface area contributed by atoms with Crippen molar-refractivity contribution in [1.29, 1.82) is 5.26 Å². The van der Waals surface area contributed by atoms with Crippen LogP contribution in [0.1, 0.15) is 22.3 Å². The summed E-state index contributed by atoms with van der Waals surface area (Å²) in [6.45, 7) is -0.718. The molecule has 0 saturated heterocycles. The largest absolute Gasteiger partial charge is 0.496 e. The highest BCUT2D eigenvalue weighted by molar-refractivity contribution is 5.66. The number of nitriles is 1. The van der Waals surface area contributed by atoms with Gasteiger partial charge in [0, 0.05) is 17.2 Å². The number of aromatic nitrogens is 1. The third-order valence-corrected chi connectivity index (χ3v) is 5.71. The minimum atomic E-state index is -5.15. The average Bonchev–Trinajstić information content (AvgIpc) is 3.35. The molecule has 0 fully saturated rings. The third kappa shape index (κ3) is 5.36. The van der Waals surface area contributed by atoms with Crippen LogP contribution < -0.4 is 10.3 Å². The minimum absolute atomic E-state index is 0.113. The van der Waals surface area contributed by atoms with Crippen molar-refractivity contribution in [3.8, 4) is 34.6 Å². The van der Waals surface area contributed by atoms with Gasteiger partial charge in [-0.15, -0.1) is 0 Å². The minimum Gasteiger partial charge on any atom is -0.496 e. The van der Waals surface area contributed by atoms with E-state index < -0.39 is 70.0 Å². The predicted molar refractivity (Wildman–Crippen MR) is 121 cm³/mol. The van der Waals surface area contributed by atoms with Crippen LogP contribution in [-0.4, -0.2) is 11.7 Å². The molecule has 0 N–H and O–H groups in total. The molecule has 5 nitrogen and oxygen atoms in total. The van der Waals surface area contributed by atoms with E-state index in [2.05, 4.69) is 0 Å². The number of hydrogen-bond acceptors (Lipinski definition) is 4. The van der Waals surface area contributed by atoms with Crippen LogP contribution in [-0.2, 0) is 18.9 Å².